The number of pyridine rings is 1. The highest BCUT2D eigenvalue weighted by molar-refractivity contribution is 6.33. The van der Waals surface area contributed by atoms with Crippen molar-refractivity contribution in [1.29, 1.82) is 0 Å². The van der Waals surface area contributed by atoms with E-state index in [1.165, 1.54) is 0 Å². The molecular formula is C17H12ClNO2. The average Bonchev–Trinajstić information content (AvgIpc) is 2.46. The summed E-state index contributed by atoms with van der Waals surface area (Å²) >= 11 is 6.18. The third-order valence-corrected chi connectivity index (χ3v) is 3.67. The molecule has 0 aliphatic carbocycles. The molecule has 0 amide bonds. The third-order valence-electron chi connectivity index (χ3n) is 3.34. The van der Waals surface area contributed by atoms with Crippen LogP contribution >= 0.6 is 11.6 Å². The minimum atomic E-state index is -0.971. The van der Waals surface area contributed by atoms with E-state index in [1.807, 2.05) is 43.3 Å². The molecule has 3 aromatic rings. The molecule has 0 fully saturated rings. The van der Waals surface area contributed by atoms with E-state index in [4.69, 9.17) is 11.6 Å². The Morgan fingerprint density at radius 2 is 1.90 bits per heavy atom. The van der Waals surface area contributed by atoms with Gasteiger partial charge in [-0.3, -0.25) is 0 Å². The zero-order valence-electron chi connectivity index (χ0n) is 11.3. The van der Waals surface area contributed by atoms with Crippen molar-refractivity contribution in [1.82, 2.24) is 4.98 Å². The van der Waals surface area contributed by atoms with Crippen LogP contribution in [0.25, 0.3) is 22.2 Å². The summed E-state index contributed by atoms with van der Waals surface area (Å²) in [5, 5.41) is 10.6. The van der Waals surface area contributed by atoms with Gasteiger partial charge in [0.05, 0.1) is 16.8 Å². The van der Waals surface area contributed by atoms with Crippen molar-refractivity contribution in [2.75, 3.05) is 0 Å². The molecule has 2 aromatic carbocycles. The van der Waals surface area contributed by atoms with Gasteiger partial charge in [0.15, 0.2) is 0 Å². The van der Waals surface area contributed by atoms with Gasteiger partial charge in [-0.25, -0.2) is 9.78 Å². The van der Waals surface area contributed by atoms with E-state index in [0.29, 0.717) is 21.6 Å². The van der Waals surface area contributed by atoms with Gasteiger partial charge in [0.25, 0.3) is 0 Å². The van der Waals surface area contributed by atoms with Crippen LogP contribution in [0.4, 0.5) is 0 Å². The van der Waals surface area contributed by atoms with Crippen LogP contribution in [0.3, 0.4) is 0 Å². The Labute approximate surface area is 126 Å². The van der Waals surface area contributed by atoms with Crippen molar-refractivity contribution in [3.63, 3.8) is 0 Å². The second kappa shape index (κ2) is 5.19. The normalized spacial score (nSPS) is 10.8. The molecule has 0 bridgehead atoms. The fourth-order valence-electron chi connectivity index (χ4n) is 2.32. The van der Waals surface area contributed by atoms with E-state index >= 15 is 0 Å². The van der Waals surface area contributed by atoms with Crippen LogP contribution in [-0.2, 0) is 0 Å². The zero-order valence-corrected chi connectivity index (χ0v) is 12.1. The summed E-state index contributed by atoms with van der Waals surface area (Å²) in [6.07, 6.45) is 0. The molecule has 1 N–H and O–H groups in total. The van der Waals surface area contributed by atoms with Gasteiger partial charge >= 0.3 is 5.97 Å². The predicted molar refractivity (Wildman–Crippen MR) is 83.9 cm³/mol. The first-order valence-electron chi connectivity index (χ1n) is 6.46. The Bertz CT molecular complexity index is 859. The van der Waals surface area contributed by atoms with Crippen molar-refractivity contribution in [3.05, 3.63) is 64.7 Å². The molecule has 0 atom stereocenters. The number of halogens is 1. The van der Waals surface area contributed by atoms with Crippen LogP contribution in [0.5, 0.6) is 0 Å². The number of carboxylic acid groups (broad SMARTS) is 1. The van der Waals surface area contributed by atoms with Crippen molar-refractivity contribution < 1.29 is 9.90 Å². The van der Waals surface area contributed by atoms with Crippen LogP contribution in [-0.4, -0.2) is 16.1 Å². The molecule has 0 radical (unpaired) electrons. The van der Waals surface area contributed by atoms with Crippen LogP contribution in [0.2, 0.25) is 5.02 Å². The minimum absolute atomic E-state index is 0.235. The van der Waals surface area contributed by atoms with Gasteiger partial charge in [-0.05, 0) is 31.2 Å². The maximum Gasteiger partial charge on any atom is 0.336 e. The molecule has 3 nitrogen and oxygen atoms in total. The molecule has 0 spiro atoms. The molecule has 3 rings (SSSR count). The number of fused-ring (bicyclic) bond motifs is 1. The van der Waals surface area contributed by atoms with E-state index in [1.54, 1.807) is 12.1 Å². The first-order valence-corrected chi connectivity index (χ1v) is 6.83. The average molecular weight is 298 g/mol. The van der Waals surface area contributed by atoms with E-state index in [2.05, 4.69) is 4.98 Å². The number of carbonyl (C=O) groups is 1. The second-order valence-electron chi connectivity index (χ2n) is 4.86. The summed E-state index contributed by atoms with van der Waals surface area (Å²) < 4.78 is 0. The Morgan fingerprint density at radius 3 is 2.62 bits per heavy atom. The molecule has 1 heterocycles. The number of nitrogens with zero attached hydrogens (tertiary/aromatic N) is 1. The number of hydrogen-bond donors (Lipinski definition) is 1. The summed E-state index contributed by atoms with van der Waals surface area (Å²) in [5.41, 5.74) is 3.17. The molecule has 104 valence electrons. The smallest absolute Gasteiger partial charge is 0.336 e. The highest BCUT2D eigenvalue weighted by Gasteiger charge is 2.14. The molecule has 0 saturated heterocycles. The summed E-state index contributed by atoms with van der Waals surface area (Å²) in [5.74, 6) is -0.971. The molecule has 1 aromatic heterocycles. The van der Waals surface area contributed by atoms with Gasteiger partial charge in [-0.2, -0.15) is 0 Å². The molecule has 0 saturated carbocycles. The molecule has 4 heteroatoms. The topological polar surface area (TPSA) is 50.2 Å². The maximum absolute atomic E-state index is 11.5. The lowest BCUT2D eigenvalue weighted by Gasteiger charge is -2.09. The first-order chi connectivity index (χ1) is 10.1. The predicted octanol–water partition coefficient (Wildman–Crippen LogP) is 4.56. The maximum atomic E-state index is 11.5. The van der Waals surface area contributed by atoms with Crippen molar-refractivity contribution in [2.24, 2.45) is 0 Å². The fourth-order valence-corrected chi connectivity index (χ4v) is 2.56. The molecule has 0 aliphatic rings. The van der Waals surface area contributed by atoms with Crippen LogP contribution in [0, 0.1) is 6.92 Å². The fraction of sp³-hybridized carbons (Fsp3) is 0.0588. The standard InChI is InChI=1S/C17H12ClNO2/c1-10-6-7-15-12(8-10)13(17(20)21)9-16(19-15)11-4-2-3-5-14(11)18/h2-9H,1H3,(H,20,21). The van der Waals surface area contributed by atoms with E-state index in [-0.39, 0.29) is 5.56 Å². The van der Waals surface area contributed by atoms with Crippen molar-refractivity contribution in [2.45, 2.75) is 6.92 Å². The lowest BCUT2D eigenvalue weighted by atomic mass is 10.0. The number of carboxylic acids is 1. The summed E-state index contributed by atoms with van der Waals surface area (Å²) in [4.78, 5) is 16.1. The number of benzene rings is 2. The first kappa shape index (κ1) is 13.6. The van der Waals surface area contributed by atoms with Gasteiger partial charge < -0.3 is 5.11 Å². The van der Waals surface area contributed by atoms with E-state index in [0.717, 1.165) is 11.1 Å². The lowest BCUT2D eigenvalue weighted by Crippen LogP contribution is -2.00. The van der Waals surface area contributed by atoms with Gasteiger partial charge in [-0.1, -0.05) is 41.4 Å². The van der Waals surface area contributed by atoms with Crippen molar-refractivity contribution >= 4 is 28.5 Å². The van der Waals surface area contributed by atoms with Crippen LogP contribution in [0.15, 0.2) is 48.5 Å². The van der Waals surface area contributed by atoms with Gasteiger partial charge in [0.2, 0.25) is 0 Å². The highest BCUT2D eigenvalue weighted by Crippen LogP contribution is 2.30. The molecule has 0 aliphatic heterocycles. The van der Waals surface area contributed by atoms with Crippen LogP contribution < -0.4 is 0 Å². The summed E-state index contributed by atoms with van der Waals surface area (Å²) in [6, 6.07) is 14.4. The van der Waals surface area contributed by atoms with Gasteiger partial charge in [0.1, 0.15) is 0 Å². The highest BCUT2D eigenvalue weighted by atomic mass is 35.5. The Hall–Kier alpha value is -2.39. The Balaban J connectivity index is 2.34. The third kappa shape index (κ3) is 2.48. The van der Waals surface area contributed by atoms with Crippen LogP contribution in [0.1, 0.15) is 15.9 Å². The largest absolute Gasteiger partial charge is 0.478 e. The molecule has 0 unspecified atom stereocenters. The van der Waals surface area contributed by atoms with Crippen molar-refractivity contribution in [3.8, 4) is 11.3 Å². The number of hydrogen-bond acceptors (Lipinski definition) is 2. The Morgan fingerprint density at radius 1 is 1.14 bits per heavy atom. The number of aromatic carboxylic acids is 1. The summed E-state index contributed by atoms with van der Waals surface area (Å²) in [7, 11) is 0. The molecule has 21 heavy (non-hydrogen) atoms. The lowest BCUT2D eigenvalue weighted by molar-refractivity contribution is 0.0699. The SMILES string of the molecule is Cc1ccc2nc(-c3ccccc3Cl)cc(C(=O)O)c2c1. The van der Waals surface area contributed by atoms with E-state index in [9.17, 15) is 9.90 Å². The number of aromatic nitrogens is 1. The van der Waals surface area contributed by atoms with Gasteiger partial charge in [-0.15, -0.1) is 0 Å². The monoisotopic (exact) mass is 297 g/mol. The Kier molecular flexibility index (Phi) is 3.35. The minimum Gasteiger partial charge on any atom is -0.478 e. The number of rotatable bonds is 2. The molecular weight excluding hydrogens is 286 g/mol. The zero-order chi connectivity index (χ0) is 15.0. The number of aryl methyl sites for hydroxylation is 1. The van der Waals surface area contributed by atoms with Gasteiger partial charge in [0, 0.05) is 16.0 Å². The summed E-state index contributed by atoms with van der Waals surface area (Å²) in [6.45, 7) is 1.92. The second-order valence-corrected chi connectivity index (χ2v) is 5.27. The van der Waals surface area contributed by atoms with E-state index < -0.39 is 5.97 Å². The quantitative estimate of drug-likeness (QED) is 0.754.